The quantitative estimate of drug-likeness (QED) is 0.715. The van der Waals surface area contributed by atoms with Crippen LogP contribution in [-0.2, 0) is 9.47 Å². The van der Waals surface area contributed by atoms with E-state index in [2.05, 4.69) is 15.3 Å². The lowest BCUT2D eigenvalue weighted by Crippen LogP contribution is -2.49. The summed E-state index contributed by atoms with van der Waals surface area (Å²) in [5, 5.41) is 2.83. The highest BCUT2D eigenvalue weighted by molar-refractivity contribution is 5.92. The number of piperazine rings is 1. The highest BCUT2D eigenvalue weighted by Crippen LogP contribution is 2.14. The minimum atomic E-state index is -0.298. The van der Waals surface area contributed by atoms with Crippen molar-refractivity contribution < 1.29 is 19.1 Å². The molecule has 1 aliphatic rings. The normalized spacial score (nSPS) is 14.3. The van der Waals surface area contributed by atoms with Crippen molar-refractivity contribution in [3.05, 3.63) is 17.5 Å². The monoisotopic (exact) mass is 365 g/mol. The predicted molar refractivity (Wildman–Crippen MR) is 96.4 cm³/mol. The first-order valence-electron chi connectivity index (χ1n) is 8.84. The van der Waals surface area contributed by atoms with Gasteiger partial charge in [-0.2, -0.15) is 0 Å². The van der Waals surface area contributed by atoms with Crippen LogP contribution >= 0.6 is 0 Å². The molecule has 1 aliphatic heterocycles. The van der Waals surface area contributed by atoms with Gasteiger partial charge in [-0.15, -0.1) is 0 Å². The number of carbonyl (C=O) groups is 2. The summed E-state index contributed by atoms with van der Waals surface area (Å²) in [5.74, 6) is 0.286. The lowest BCUT2D eigenvalue weighted by molar-refractivity contribution is 0.0943. The molecule has 26 heavy (non-hydrogen) atoms. The Labute approximate surface area is 153 Å². The van der Waals surface area contributed by atoms with Crippen LogP contribution in [0.25, 0.3) is 0 Å². The number of anilines is 1. The van der Waals surface area contributed by atoms with Gasteiger partial charge in [-0.1, -0.05) is 0 Å². The van der Waals surface area contributed by atoms with Gasteiger partial charge in [-0.3, -0.25) is 4.79 Å². The van der Waals surface area contributed by atoms with E-state index >= 15 is 0 Å². The summed E-state index contributed by atoms with van der Waals surface area (Å²) in [5.41, 5.74) is 1.07. The third-order valence-corrected chi connectivity index (χ3v) is 3.97. The van der Waals surface area contributed by atoms with Crippen molar-refractivity contribution in [1.29, 1.82) is 0 Å². The van der Waals surface area contributed by atoms with Crippen molar-refractivity contribution >= 4 is 17.9 Å². The van der Waals surface area contributed by atoms with E-state index < -0.39 is 0 Å². The summed E-state index contributed by atoms with van der Waals surface area (Å²) < 4.78 is 9.99. The van der Waals surface area contributed by atoms with E-state index in [0.717, 1.165) is 12.1 Å². The fourth-order valence-corrected chi connectivity index (χ4v) is 2.62. The highest BCUT2D eigenvalue weighted by atomic mass is 16.6. The van der Waals surface area contributed by atoms with E-state index in [9.17, 15) is 9.59 Å². The number of hydrogen-bond donors (Lipinski definition) is 1. The number of ether oxygens (including phenoxy) is 2. The lowest BCUT2D eigenvalue weighted by Gasteiger charge is -2.34. The number of rotatable bonds is 7. The molecular formula is C17H27N5O4. The summed E-state index contributed by atoms with van der Waals surface area (Å²) in [6, 6.07) is 1.67. The van der Waals surface area contributed by atoms with Crippen LogP contribution in [0.4, 0.5) is 10.7 Å². The molecule has 144 valence electrons. The number of aryl methyl sites for hydroxylation is 1. The molecule has 2 amide bonds. The molecule has 1 aromatic rings. The zero-order valence-electron chi connectivity index (χ0n) is 15.7. The van der Waals surface area contributed by atoms with Crippen molar-refractivity contribution in [1.82, 2.24) is 20.2 Å². The molecule has 9 nitrogen and oxygen atoms in total. The van der Waals surface area contributed by atoms with E-state index in [1.165, 1.54) is 0 Å². The van der Waals surface area contributed by atoms with E-state index in [1.807, 2.05) is 11.8 Å². The molecule has 1 aromatic heterocycles. The number of nitrogens with zero attached hydrogens (tertiary/aromatic N) is 4. The fourth-order valence-electron chi connectivity index (χ4n) is 2.62. The Kier molecular flexibility index (Phi) is 7.58. The molecule has 0 spiro atoms. The van der Waals surface area contributed by atoms with Crippen molar-refractivity contribution in [3.63, 3.8) is 0 Å². The summed E-state index contributed by atoms with van der Waals surface area (Å²) in [6.07, 6.45) is 0.447. The SMILES string of the molecule is CCOC(=O)N1CCN(c2nc(C)cc(C(=O)NCCCOC)n2)CC1. The zero-order chi connectivity index (χ0) is 18.9. The first-order chi connectivity index (χ1) is 12.5. The molecule has 1 saturated heterocycles. The van der Waals surface area contributed by atoms with E-state index in [4.69, 9.17) is 9.47 Å². The van der Waals surface area contributed by atoms with Crippen molar-refractivity contribution in [2.24, 2.45) is 0 Å². The smallest absolute Gasteiger partial charge is 0.409 e. The minimum absolute atomic E-state index is 0.224. The van der Waals surface area contributed by atoms with Gasteiger partial charge in [0.1, 0.15) is 5.69 Å². The van der Waals surface area contributed by atoms with Crippen LogP contribution in [-0.4, -0.2) is 79.9 Å². The van der Waals surface area contributed by atoms with Crippen molar-refractivity contribution in [2.75, 3.05) is 57.9 Å². The number of aromatic nitrogens is 2. The third-order valence-electron chi connectivity index (χ3n) is 3.97. The Morgan fingerprint density at radius 3 is 2.62 bits per heavy atom. The van der Waals surface area contributed by atoms with Gasteiger partial charge in [0.2, 0.25) is 5.95 Å². The molecule has 0 radical (unpaired) electrons. The maximum atomic E-state index is 12.3. The molecule has 2 rings (SSSR count). The van der Waals surface area contributed by atoms with Gasteiger partial charge in [-0.25, -0.2) is 14.8 Å². The van der Waals surface area contributed by atoms with E-state index in [1.54, 1.807) is 25.0 Å². The third kappa shape index (κ3) is 5.55. The predicted octanol–water partition coefficient (Wildman–Crippen LogP) is 0.830. The van der Waals surface area contributed by atoms with Gasteiger partial charge < -0.3 is 24.6 Å². The van der Waals surface area contributed by atoms with Crippen LogP contribution < -0.4 is 10.2 Å². The second-order valence-corrected chi connectivity index (χ2v) is 5.97. The summed E-state index contributed by atoms with van der Waals surface area (Å²) >= 11 is 0. The first-order valence-corrected chi connectivity index (χ1v) is 8.84. The average Bonchev–Trinajstić information content (AvgIpc) is 2.65. The molecule has 1 N–H and O–H groups in total. The second kappa shape index (κ2) is 9.91. The van der Waals surface area contributed by atoms with Crippen molar-refractivity contribution in [3.8, 4) is 0 Å². The number of hydrogen-bond acceptors (Lipinski definition) is 7. The molecular weight excluding hydrogens is 338 g/mol. The van der Waals surface area contributed by atoms with Crippen LogP contribution in [0.3, 0.4) is 0 Å². The molecule has 0 saturated carbocycles. The van der Waals surface area contributed by atoms with Gasteiger partial charge in [0.15, 0.2) is 0 Å². The fraction of sp³-hybridized carbons (Fsp3) is 0.647. The van der Waals surface area contributed by atoms with E-state index in [0.29, 0.717) is 57.6 Å². The Morgan fingerprint density at radius 1 is 1.23 bits per heavy atom. The maximum Gasteiger partial charge on any atom is 0.409 e. The molecule has 2 heterocycles. The lowest BCUT2D eigenvalue weighted by atomic mass is 10.3. The molecule has 0 bridgehead atoms. The Morgan fingerprint density at radius 2 is 1.96 bits per heavy atom. The summed E-state index contributed by atoms with van der Waals surface area (Å²) in [7, 11) is 1.63. The highest BCUT2D eigenvalue weighted by Gasteiger charge is 2.24. The van der Waals surface area contributed by atoms with Crippen LogP contribution in [0.15, 0.2) is 6.07 Å². The van der Waals surface area contributed by atoms with Crippen molar-refractivity contribution in [2.45, 2.75) is 20.3 Å². The number of methoxy groups -OCH3 is 1. The Hall–Kier alpha value is -2.42. The largest absolute Gasteiger partial charge is 0.450 e. The number of carbonyl (C=O) groups excluding carboxylic acids is 2. The van der Waals surface area contributed by atoms with Crippen LogP contribution in [0, 0.1) is 6.92 Å². The molecule has 0 atom stereocenters. The van der Waals surface area contributed by atoms with Gasteiger partial charge in [0, 0.05) is 52.1 Å². The molecule has 9 heteroatoms. The zero-order valence-corrected chi connectivity index (χ0v) is 15.7. The molecule has 0 unspecified atom stereocenters. The summed E-state index contributed by atoms with van der Waals surface area (Å²) in [4.78, 5) is 36.5. The van der Waals surface area contributed by atoms with Gasteiger partial charge in [-0.05, 0) is 26.3 Å². The number of nitrogens with one attached hydrogen (secondary N) is 1. The van der Waals surface area contributed by atoms with Gasteiger partial charge in [0.25, 0.3) is 5.91 Å². The van der Waals surface area contributed by atoms with Gasteiger partial charge in [0.05, 0.1) is 6.61 Å². The van der Waals surface area contributed by atoms with E-state index in [-0.39, 0.29) is 12.0 Å². The van der Waals surface area contributed by atoms with Crippen LogP contribution in [0.1, 0.15) is 29.5 Å². The summed E-state index contributed by atoms with van der Waals surface area (Å²) in [6.45, 7) is 7.38. The van der Waals surface area contributed by atoms with Crippen LogP contribution in [0.5, 0.6) is 0 Å². The second-order valence-electron chi connectivity index (χ2n) is 5.97. The molecule has 0 aromatic carbocycles. The Bertz CT molecular complexity index is 617. The Balaban J connectivity index is 1.97. The molecule has 0 aliphatic carbocycles. The number of amides is 2. The first kappa shape index (κ1) is 19.9. The molecule has 1 fully saturated rings. The minimum Gasteiger partial charge on any atom is -0.450 e. The average molecular weight is 365 g/mol. The topological polar surface area (TPSA) is 96.9 Å². The standard InChI is InChI=1S/C17H27N5O4/c1-4-26-17(24)22-9-7-21(8-10-22)16-19-13(2)12-14(20-16)15(23)18-6-5-11-25-3/h12H,4-11H2,1-3H3,(H,18,23). The van der Waals surface area contributed by atoms with Gasteiger partial charge >= 0.3 is 6.09 Å². The maximum absolute atomic E-state index is 12.3. The van der Waals surface area contributed by atoms with Crippen LogP contribution in [0.2, 0.25) is 0 Å².